The lowest BCUT2D eigenvalue weighted by atomic mass is 10.1. The number of rotatable bonds is 8. The zero-order chi connectivity index (χ0) is 25.3. The van der Waals surface area contributed by atoms with Crippen LogP contribution in [-0.2, 0) is 16.4 Å². The van der Waals surface area contributed by atoms with Crippen molar-refractivity contribution in [2.24, 2.45) is 0 Å². The number of halogens is 3. The van der Waals surface area contributed by atoms with Crippen molar-refractivity contribution >= 4 is 33.1 Å². The van der Waals surface area contributed by atoms with Gasteiger partial charge in [0.25, 0.3) is 10.0 Å². The number of ether oxygens (including phenoxy) is 1. The minimum atomic E-state index is -4.81. The molecule has 0 aliphatic carbocycles. The zero-order valence-electron chi connectivity index (χ0n) is 18.4. The summed E-state index contributed by atoms with van der Waals surface area (Å²) in [7, 11) is -4.13. The van der Waals surface area contributed by atoms with Gasteiger partial charge in [0.05, 0.1) is 10.5 Å². The summed E-state index contributed by atoms with van der Waals surface area (Å²) in [5.41, 5.74) is 0.916. The third-order valence-electron chi connectivity index (χ3n) is 4.91. The Labute approximate surface area is 198 Å². The molecule has 1 aromatic heterocycles. The quantitative estimate of drug-likeness (QED) is 0.427. The number of carboxylic acids is 1. The molecule has 182 valence electrons. The minimum Gasteiger partial charge on any atom is -0.478 e. The fraction of sp³-hybridized carbons (Fsp3) is 0.273. The fourth-order valence-electron chi connectivity index (χ4n) is 3.33. The van der Waals surface area contributed by atoms with Crippen molar-refractivity contribution < 1.29 is 36.2 Å². The normalized spacial score (nSPS) is 11.9. The first-order valence-electron chi connectivity index (χ1n) is 10.1. The van der Waals surface area contributed by atoms with Gasteiger partial charge in [0.1, 0.15) is 10.8 Å². The summed E-state index contributed by atoms with van der Waals surface area (Å²) < 4.78 is 68.9. The van der Waals surface area contributed by atoms with Gasteiger partial charge in [-0.1, -0.05) is 13.0 Å². The Bertz CT molecular complexity index is 1300. The third-order valence-corrected chi connectivity index (χ3v) is 7.78. The van der Waals surface area contributed by atoms with E-state index in [-0.39, 0.29) is 28.6 Å². The molecule has 3 aromatic rings. The summed E-state index contributed by atoms with van der Waals surface area (Å²) in [4.78, 5) is 16.4. The van der Waals surface area contributed by atoms with Gasteiger partial charge in [0.2, 0.25) is 0 Å². The second-order valence-corrected chi connectivity index (χ2v) is 10.2. The van der Waals surface area contributed by atoms with E-state index >= 15 is 0 Å². The Kier molecular flexibility index (Phi) is 7.22. The Morgan fingerprint density at radius 3 is 2.32 bits per heavy atom. The molecule has 0 fully saturated rings. The molecule has 0 atom stereocenters. The standard InChI is InChI=1S/C22H21F3N2O5S2/c1-4-14-8-11-17(12-18(14)21(28)29)34(30,31)27(5-2)19-13(3)33-20(26-19)15-6-9-16(10-7-15)32-22(23,24)25/h6-12H,4-5H2,1-3H3,(H,28,29). The number of hydrogen-bond acceptors (Lipinski definition) is 6. The van der Waals surface area contributed by atoms with Gasteiger partial charge in [-0.05, 0) is 62.2 Å². The molecule has 0 saturated heterocycles. The maximum Gasteiger partial charge on any atom is 0.573 e. The molecule has 0 spiro atoms. The van der Waals surface area contributed by atoms with E-state index in [0.717, 1.165) is 22.5 Å². The molecule has 2 aromatic carbocycles. The number of sulfonamides is 1. The van der Waals surface area contributed by atoms with Crippen molar-refractivity contribution in [3.05, 3.63) is 58.5 Å². The first-order valence-corrected chi connectivity index (χ1v) is 12.4. The number of carbonyl (C=O) groups is 1. The van der Waals surface area contributed by atoms with Crippen molar-refractivity contribution in [1.29, 1.82) is 0 Å². The maximum atomic E-state index is 13.4. The molecule has 12 heteroatoms. The van der Waals surface area contributed by atoms with Crippen LogP contribution in [0, 0.1) is 6.92 Å². The van der Waals surface area contributed by atoms with Crippen LogP contribution in [0.4, 0.5) is 19.0 Å². The van der Waals surface area contributed by atoms with Gasteiger partial charge in [-0.3, -0.25) is 0 Å². The highest BCUT2D eigenvalue weighted by molar-refractivity contribution is 7.92. The lowest BCUT2D eigenvalue weighted by Gasteiger charge is -2.22. The Morgan fingerprint density at radius 1 is 1.15 bits per heavy atom. The summed E-state index contributed by atoms with van der Waals surface area (Å²) in [6.07, 6.45) is -4.38. The van der Waals surface area contributed by atoms with Crippen LogP contribution in [0.5, 0.6) is 5.75 Å². The molecule has 7 nitrogen and oxygen atoms in total. The fourth-order valence-corrected chi connectivity index (χ4v) is 5.81. The number of aryl methyl sites for hydroxylation is 2. The molecule has 3 rings (SSSR count). The molecule has 1 heterocycles. The number of benzene rings is 2. The number of aromatic nitrogens is 1. The first kappa shape index (κ1) is 25.5. The van der Waals surface area contributed by atoms with E-state index in [9.17, 15) is 31.5 Å². The predicted molar refractivity (Wildman–Crippen MR) is 122 cm³/mol. The van der Waals surface area contributed by atoms with Crippen molar-refractivity contribution in [2.75, 3.05) is 10.8 Å². The van der Waals surface area contributed by atoms with E-state index < -0.39 is 22.4 Å². The summed E-state index contributed by atoms with van der Waals surface area (Å²) in [6, 6.07) is 9.08. The third kappa shape index (κ3) is 5.33. The average molecular weight is 515 g/mol. The molecule has 1 N–H and O–H groups in total. The number of aromatic carboxylic acids is 1. The van der Waals surface area contributed by atoms with Gasteiger partial charge >= 0.3 is 12.3 Å². The number of nitrogens with zero attached hydrogens (tertiary/aromatic N) is 2. The first-order chi connectivity index (χ1) is 15.9. The highest BCUT2D eigenvalue weighted by Crippen LogP contribution is 2.36. The number of carboxylic acid groups (broad SMARTS) is 1. The van der Waals surface area contributed by atoms with Crippen molar-refractivity contribution in [3.63, 3.8) is 0 Å². The molecular formula is C22H21F3N2O5S2. The molecule has 34 heavy (non-hydrogen) atoms. The van der Waals surface area contributed by atoms with Crippen molar-refractivity contribution in [2.45, 2.75) is 38.4 Å². The number of thiazole rings is 1. The Balaban J connectivity index is 1.98. The molecule has 0 aliphatic rings. The molecule has 0 aliphatic heterocycles. The van der Waals surface area contributed by atoms with Crippen LogP contribution in [0.15, 0.2) is 47.4 Å². The largest absolute Gasteiger partial charge is 0.573 e. The van der Waals surface area contributed by atoms with Crippen LogP contribution < -0.4 is 9.04 Å². The topological polar surface area (TPSA) is 96.8 Å². The summed E-state index contributed by atoms with van der Waals surface area (Å²) in [5.74, 6) is -1.44. The van der Waals surface area contributed by atoms with Gasteiger partial charge < -0.3 is 9.84 Å². The van der Waals surface area contributed by atoms with Crippen LogP contribution in [-0.4, -0.2) is 37.4 Å². The zero-order valence-corrected chi connectivity index (χ0v) is 20.0. The van der Waals surface area contributed by atoms with Crippen molar-refractivity contribution in [1.82, 2.24) is 4.98 Å². The molecule has 0 saturated carbocycles. The highest BCUT2D eigenvalue weighted by Gasteiger charge is 2.31. The van der Waals surface area contributed by atoms with Gasteiger partial charge in [-0.25, -0.2) is 22.5 Å². The van der Waals surface area contributed by atoms with E-state index in [2.05, 4.69) is 9.72 Å². The summed E-state index contributed by atoms with van der Waals surface area (Å²) in [5, 5.41) is 9.87. The van der Waals surface area contributed by atoms with E-state index in [1.807, 2.05) is 0 Å². The van der Waals surface area contributed by atoms with Crippen LogP contribution in [0.25, 0.3) is 10.6 Å². The Hall–Kier alpha value is -3.12. The molecule has 0 unspecified atom stereocenters. The number of hydrogen-bond donors (Lipinski definition) is 1. The van der Waals surface area contributed by atoms with Crippen LogP contribution in [0.2, 0.25) is 0 Å². The number of alkyl halides is 3. The van der Waals surface area contributed by atoms with Crippen LogP contribution >= 0.6 is 11.3 Å². The molecule has 0 bridgehead atoms. The summed E-state index contributed by atoms with van der Waals surface area (Å²) >= 11 is 1.18. The molecule has 0 amide bonds. The van der Waals surface area contributed by atoms with Gasteiger partial charge in [-0.2, -0.15) is 0 Å². The van der Waals surface area contributed by atoms with E-state index in [1.54, 1.807) is 20.8 Å². The average Bonchev–Trinajstić information content (AvgIpc) is 3.14. The van der Waals surface area contributed by atoms with Crippen LogP contribution in [0.1, 0.15) is 34.6 Å². The van der Waals surface area contributed by atoms with Gasteiger partial charge in [-0.15, -0.1) is 24.5 Å². The van der Waals surface area contributed by atoms with E-state index in [1.165, 1.54) is 35.6 Å². The maximum absolute atomic E-state index is 13.4. The summed E-state index contributed by atoms with van der Waals surface area (Å²) in [6.45, 7) is 5.11. The monoisotopic (exact) mass is 514 g/mol. The Morgan fingerprint density at radius 2 is 1.79 bits per heavy atom. The molecule has 0 radical (unpaired) electrons. The minimum absolute atomic E-state index is 0.0304. The molecular weight excluding hydrogens is 493 g/mol. The van der Waals surface area contributed by atoms with Gasteiger partial charge in [0.15, 0.2) is 5.82 Å². The second kappa shape index (κ2) is 9.63. The lowest BCUT2D eigenvalue weighted by molar-refractivity contribution is -0.274. The van der Waals surface area contributed by atoms with E-state index in [4.69, 9.17) is 0 Å². The second-order valence-electron chi connectivity index (χ2n) is 7.12. The lowest BCUT2D eigenvalue weighted by Crippen LogP contribution is -2.31. The SMILES string of the molecule is CCc1ccc(S(=O)(=O)N(CC)c2nc(-c3ccc(OC(F)(F)F)cc3)sc2C)cc1C(=O)O. The van der Waals surface area contributed by atoms with Crippen molar-refractivity contribution in [3.8, 4) is 16.3 Å². The van der Waals surface area contributed by atoms with Gasteiger partial charge in [0, 0.05) is 17.0 Å². The predicted octanol–water partition coefficient (Wildman–Crippen LogP) is 5.49. The van der Waals surface area contributed by atoms with E-state index in [0.29, 0.717) is 27.4 Å². The number of anilines is 1. The smallest absolute Gasteiger partial charge is 0.478 e. The van der Waals surface area contributed by atoms with Crippen LogP contribution in [0.3, 0.4) is 0 Å². The highest BCUT2D eigenvalue weighted by atomic mass is 32.2.